The molecule has 0 spiro atoms. The molecule has 130 valence electrons. The van der Waals surface area contributed by atoms with E-state index in [1.54, 1.807) is 23.1 Å². The molecule has 0 radical (unpaired) electrons. The highest BCUT2D eigenvalue weighted by Gasteiger charge is 2.37. The lowest BCUT2D eigenvalue weighted by molar-refractivity contribution is -0.142. The summed E-state index contributed by atoms with van der Waals surface area (Å²) in [7, 11) is 0. The molecule has 1 heterocycles. The van der Waals surface area contributed by atoms with Crippen molar-refractivity contribution in [3.8, 4) is 5.75 Å². The molecule has 2 atom stereocenters. The molecule has 1 aromatic rings. The molecule has 6 heteroatoms. The highest BCUT2D eigenvalue weighted by molar-refractivity contribution is 5.85. The molecule has 2 N–H and O–H groups in total. The van der Waals surface area contributed by atoms with Crippen molar-refractivity contribution in [2.45, 2.75) is 45.8 Å². The zero-order valence-corrected chi connectivity index (χ0v) is 14.7. The number of benzene rings is 1. The van der Waals surface area contributed by atoms with Gasteiger partial charge in [-0.3, -0.25) is 4.79 Å². The Morgan fingerprint density at radius 2 is 2.13 bits per heavy atom. The maximum absolute atomic E-state index is 13.7. The topological polar surface area (TPSA) is 55.6 Å². The minimum Gasteiger partial charge on any atom is -0.478 e. The molecule has 0 aromatic heterocycles. The molecule has 2 rings (SSSR count). The van der Waals surface area contributed by atoms with Gasteiger partial charge in [-0.1, -0.05) is 32.9 Å². The predicted octanol–water partition coefficient (Wildman–Crippen LogP) is 2.99. The summed E-state index contributed by atoms with van der Waals surface area (Å²) in [6.07, 6.45) is 0.604. The maximum atomic E-state index is 13.7. The Labute approximate surface area is 143 Å². The highest BCUT2D eigenvalue weighted by atomic mass is 35.5. The Hall–Kier alpha value is -1.33. The molecule has 23 heavy (non-hydrogen) atoms. The van der Waals surface area contributed by atoms with E-state index in [0.29, 0.717) is 19.5 Å². The monoisotopic (exact) mass is 344 g/mol. The van der Waals surface area contributed by atoms with E-state index in [0.717, 1.165) is 6.42 Å². The number of amides is 1. The minimum atomic E-state index is -0.665. The summed E-state index contributed by atoms with van der Waals surface area (Å²) < 4.78 is 19.3. The van der Waals surface area contributed by atoms with E-state index in [4.69, 9.17) is 10.5 Å². The fraction of sp³-hybridized carbons (Fsp3) is 0.588. The first-order valence-corrected chi connectivity index (χ1v) is 7.80. The Morgan fingerprint density at radius 1 is 1.48 bits per heavy atom. The summed E-state index contributed by atoms with van der Waals surface area (Å²) in [5, 5.41) is 0. The van der Waals surface area contributed by atoms with Crippen LogP contribution in [0.25, 0.3) is 0 Å². The summed E-state index contributed by atoms with van der Waals surface area (Å²) in [6, 6.07) is 6.25. The van der Waals surface area contributed by atoms with Crippen molar-refractivity contribution in [2.24, 2.45) is 11.1 Å². The van der Waals surface area contributed by atoms with Gasteiger partial charge >= 0.3 is 0 Å². The third-order valence-corrected chi connectivity index (χ3v) is 4.38. The normalized spacial score (nSPS) is 21.3. The minimum absolute atomic E-state index is 0. The fourth-order valence-electron chi connectivity index (χ4n) is 2.77. The van der Waals surface area contributed by atoms with Crippen molar-refractivity contribution < 1.29 is 13.9 Å². The van der Waals surface area contributed by atoms with Crippen LogP contribution in [0.15, 0.2) is 24.3 Å². The first-order chi connectivity index (χ1) is 10.3. The predicted molar refractivity (Wildman–Crippen MR) is 91.3 cm³/mol. The van der Waals surface area contributed by atoms with Gasteiger partial charge in [-0.2, -0.15) is 0 Å². The number of nitrogens with two attached hydrogens (primary N) is 1. The lowest BCUT2D eigenvalue weighted by Gasteiger charge is -2.43. The van der Waals surface area contributed by atoms with Crippen LogP contribution < -0.4 is 10.5 Å². The molecule has 1 aromatic carbocycles. The van der Waals surface area contributed by atoms with E-state index < -0.39 is 11.9 Å². The quantitative estimate of drug-likeness (QED) is 0.913. The zero-order chi connectivity index (χ0) is 16.3. The van der Waals surface area contributed by atoms with Gasteiger partial charge in [0.2, 0.25) is 0 Å². The van der Waals surface area contributed by atoms with Crippen LogP contribution in [-0.4, -0.2) is 36.0 Å². The Bertz CT molecular complexity index is 539. The number of ether oxygens (including phenoxy) is 1. The molecular formula is C17H26ClFN2O2. The SMILES string of the molecule is CCC(Oc1ccccc1F)C(=O)N1CCC(N)C(C)(C)C1.Cl. The maximum Gasteiger partial charge on any atom is 0.263 e. The lowest BCUT2D eigenvalue weighted by atomic mass is 9.79. The molecule has 1 amide bonds. The van der Waals surface area contributed by atoms with Crippen LogP contribution >= 0.6 is 12.4 Å². The van der Waals surface area contributed by atoms with Gasteiger partial charge in [0.05, 0.1) is 0 Å². The van der Waals surface area contributed by atoms with Crippen molar-refractivity contribution in [1.82, 2.24) is 4.90 Å². The first kappa shape index (κ1) is 19.7. The van der Waals surface area contributed by atoms with E-state index in [1.807, 2.05) is 6.92 Å². The number of hydrogen-bond donors (Lipinski definition) is 1. The number of rotatable bonds is 4. The van der Waals surface area contributed by atoms with Gasteiger partial charge < -0.3 is 15.4 Å². The summed E-state index contributed by atoms with van der Waals surface area (Å²) >= 11 is 0. The standard InChI is InChI=1S/C17H25FN2O2.ClH/c1-4-13(22-14-8-6-5-7-12(14)18)16(21)20-10-9-15(19)17(2,3)11-20;/h5-8,13,15H,4,9-11,19H2,1-3H3;1H. The summed E-state index contributed by atoms with van der Waals surface area (Å²) in [5.41, 5.74) is 5.99. The van der Waals surface area contributed by atoms with Crippen LogP contribution in [0.5, 0.6) is 5.75 Å². The van der Waals surface area contributed by atoms with Crippen LogP contribution in [0, 0.1) is 11.2 Å². The average molecular weight is 345 g/mol. The number of piperidine rings is 1. The third-order valence-electron chi connectivity index (χ3n) is 4.38. The van der Waals surface area contributed by atoms with E-state index in [1.165, 1.54) is 6.07 Å². The number of carbonyl (C=O) groups is 1. The van der Waals surface area contributed by atoms with Gasteiger partial charge in [-0.05, 0) is 30.4 Å². The Kier molecular flexibility index (Phi) is 6.84. The van der Waals surface area contributed by atoms with Crippen molar-refractivity contribution in [1.29, 1.82) is 0 Å². The molecule has 4 nitrogen and oxygen atoms in total. The summed E-state index contributed by atoms with van der Waals surface area (Å²) in [5.74, 6) is -0.420. The van der Waals surface area contributed by atoms with Gasteiger partial charge in [0.15, 0.2) is 17.7 Å². The van der Waals surface area contributed by atoms with Crippen LogP contribution in [0.4, 0.5) is 4.39 Å². The molecule has 1 fully saturated rings. The van der Waals surface area contributed by atoms with Gasteiger partial charge in [0.1, 0.15) is 0 Å². The van der Waals surface area contributed by atoms with Crippen LogP contribution in [-0.2, 0) is 4.79 Å². The van der Waals surface area contributed by atoms with Gasteiger partial charge in [-0.25, -0.2) is 4.39 Å². The molecule has 0 bridgehead atoms. The highest BCUT2D eigenvalue weighted by Crippen LogP contribution is 2.29. The molecule has 1 aliphatic heterocycles. The summed E-state index contributed by atoms with van der Waals surface area (Å²) in [4.78, 5) is 14.5. The second-order valence-corrected chi connectivity index (χ2v) is 6.59. The van der Waals surface area contributed by atoms with Crippen molar-refractivity contribution in [3.63, 3.8) is 0 Å². The number of halogens is 2. The zero-order valence-electron chi connectivity index (χ0n) is 13.9. The van der Waals surface area contributed by atoms with Crippen molar-refractivity contribution >= 4 is 18.3 Å². The van der Waals surface area contributed by atoms with Crippen molar-refractivity contribution in [2.75, 3.05) is 13.1 Å². The van der Waals surface area contributed by atoms with E-state index in [-0.39, 0.29) is 35.5 Å². The molecule has 1 aliphatic rings. The average Bonchev–Trinajstić information content (AvgIpc) is 2.48. The third kappa shape index (κ3) is 4.58. The number of para-hydroxylation sites is 1. The largest absolute Gasteiger partial charge is 0.478 e. The smallest absolute Gasteiger partial charge is 0.263 e. The molecule has 0 aliphatic carbocycles. The van der Waals surface area contributed by atoms with Crippen LogP contribution in [0.2, 0.25) is 0 Å². The number of carbonyl (C=O) groups excluding carboxylic acids is 1. The van der Waals surface area contributed by atoms with Crippen LogP contribution in [0.3, 0.4) is 0 Å². The van der Waals surface area contributed by atoms with Crippen molar-refractivity contribution in [3.05, 3.63) is 30.1 Å². The van der Waals surface area contributed by atoms with Gasteiger partial charge in [0.25, 0.3) is 5.91 Å². The molecular weight excluding hydrogens is 319 g/mol. The second-order valence-electron chi connectivity index (χ2n) is 6.59. The molecule has 0 saturated carbocycles. The first-order valence-electron chi connectivity index (χ1n) is 7.80. The second kappa shape index (κ2) is 7.97. The van der Waals surface area contributed by atoms with E-state index >= 15 is 0 Å². The van der Waals surface area contributed by atoms with E-state index in [9.17, 15) is 9.18 Å². The number of hydrogen-bond acceptors (Lipinski definition) is 3. The van der Waals surface area contributed by atoms with Gasteiger partial charge in [0, 0.05) is 19.1 Å². The van der Waals surface area contributed by atoms with E-state index in [2.05, 4.69) is 13.8 Å². The molecule has 2 unspecified atom stereocenters. The lowest BCUT2D eigenvalue weighted by Crippen LogP contribution is -2.56. The Balaban J connectivity index is 0.00000264. The van der Waals surface area contributed by atoms with Crippen LogP contribution in [0.1, 0.15) is 33.6 Å². The summed E-state index contributed by atoms with van der Waals surface area (Å²) in [6.45, 7) is 7.22. The number of likely N-dealkylation sites (tertiary alicyclic amines) is 1. The van der Waals surface area contributed by atoms with Gasteiger partial charge in [-0.15, -0.1) is 12.4 Å². The fourth-order valence-corrected chi connectivity index (χ4v) is 2.77. The number of nitrogens with zero attached hydrogens (tertiary/aromatic N) is 1. The Morgan fingerprint density at radius 3 is 2.70 bits per heavy atom. The molecule has 1 saturated heterocycles.